The molecular weight excluding hydrogens is 554 g/mol. The van der Waals surface area contributed by atoms with Crippen molar-refractivity contribution < 1.29 is 32.3 Å². The highest BCUT2D eigenvalue weighted by molar-refractivity contribution is 7.89. The van der Waals surface area contributed by atoms with E-state index in [0.29, 0.717) is 36.4 Å². The van der Waals surface area contributed by atoms with Gasteiger partial charge in [0, 0.05) is 34.6 Å². The number of anilines is 1. The number of nitrogens with zero attached hydrogens (tertiary/aromatic N) is 1. The maximum absolute atomic E-state index is 13.2. The number of nitrogens with one attached hydrogen (secondary N) is 2. The van der Waals surface area contributed by atoms with E-state index in [1.165, 1.54) is 47.0 Å². The largest absolute Gasteiger partial charge is 0.466 e. The summed E-state index contributed by atoms with van der Waals surface area (Å²) < 4.78 is 37.9. The smallest absolute Gasteiger partial charge is 0.341 e. The second kappa shape index (κ2) is 11.2. The Bertz CT molecular complexity index is 1400. The molecule has 0 radical (unpaired) electrons. The summed E-state index contributed by atoms with van der Waals surface area (Å²) in [5, 5.41) is 6.85. The first kappa shape index (κ1) is 30.2. The first-order valence-electron chi connectivity index (χ1n) is 13.3. The van der Waals surface area contributed by atoms with Crippen molar-refractivity contribution in [2.75, 3.05) is 32.1 Å². The Morgan fingerprint density at radius 2 is 1.73 bits per heavy atom. The number of piperidine rings is 1. The van der Waals surface area contributed by atoms with Crippen LogP contribution in [0.5, 0.6) is 0 Å². The van der Waals surface area contributed by atoms with Gasteiger partial charge in [0.1, 0.15) is 5.00 Å². The molecular formula is C28H37N3O7S2. The van der Waals surface area contributed by atoms with Crippen LogP contribution in [-0.2, 0) is 36.3 Å². The quantitative estimate of drug-likeness (QED) is 0.464. The van der Waals surface area contributed by atoms with Gasteiger partial charge in [0.2, 0.25) is 10.0 Å². The lowest BCUT2D eigenvalue weighted by molar-refractivity contribution is -0.149. The van der Waals surface area contributed by atoms with Crippen LogP contribution in [0.15, 0.2) is 29.2 Å². The predicted molar refractivity (Wildman–Crippen MR) is 152 cm³/mol. The minimum absolute atomic E-state index is 0.0653. The minimum Gasteiger partial charge on any atom is -0.466 e. The molecule has 0 spiro atoms. The van der Waals surface area contributed by atoms with Crippen LogP contribution in [0.3, 0.4) is 0 Å². The summed E-state index contributed by atoms with van der Waals surface area (Å²) in [6, 6.07) is 5.71. The molecule has 4 rings (SSSR count). The zero-order chi connectivity index (χ0) is 29.5. The van der Waals surface area contributed by atoms with Crippen molar-refractivity contribution in [2.45, 2.75) is 69.9 Å². The van der Waals surface area contributed by atoms with Gasteiger partial charge in [0.15, 0.2) is 0 Å². The number of fused-ring (bicyclic) bond motifs is 1. The van der Waals surface area contributed by atoms with Crippen LogP contribution in [0, 0.1) is 5.92 Å². The van der Waals surface area contributed by atoms with Crippen molar-refractivity contribution in [2.24, 2.45) is 5.92 Å². The lowest BCUT2D eigenvalue weighted by atomic mass is 9.81. The van der Waals surface area contributed by atoms with E-state index in [-0.39, 0.29) is 41.0 Å². The summed E-state index contributed by atoms with van der Waals surface area (Å²) >= 11 is 1.34. The number of methoxy groups -OCH3 is 1. The summed E-state index contributed by atoms with van der Waals surface area (Å²) in [5.74, 6) is -1.58. The van der Waals surface area contributed by atoms with Gasteiger partial charge >= 0.3 is 11.9 Å². The third kappa shape index (κ3) is 5.95. The molecule has 0 atom stereocenters. The number of hydrogen-bond donors (Lipinski definition) is 2. The van der Waals surface area contributed by atoms with E-state index in [9.17, 15) is 22.8 Å². The number of hydrogen-bond acceptors (Lipinski definition) is 9. The van der Waals surface area contributed by atoms with E-state index in [2.05, 4.69) is 24.5 Å². The molecule has 10 nitrogen and oxygen atoms in total. The van der Waals surface area contributed by atoms with Crippen molar-refractivity contribution in [3.63, 3.8) is 0 Å². The third-order valence-electron chi connectivity index (χ3n) is 7.29. The fourth-order valence-corrected chi connectivity index (χ4v) is 8.36. The summed E-state index contributed by atoms with van der Waals surface area (Å²) in [7, 11) is -2.48. The summed E-state index contributed by atoms with van der Waals surface area (Å²) in [5.41, 5.74) is 0.767. The molecule has 40 heavy (non-hydrogen) atoms. The molecule has 1 saturated heterocycles. The molecule has 12 heteroatoms. The highest BCUT2D eigenvalue weighted by Crippen LogP contribution is 2.45. The molecule has 218 valence electrons. The van der Waals surface area contributed by atoms with Crippen molar-refractivity contribution in [3.8, 4) is 0 Å². The van der Waals surface area contributed by atoms with Crippen LogP contribution in [-0.4, -0.2) is 62.9 Å². The van der Waals surface area contributed by atoms with E-state index >= 15 is 0 Å². The standard InChI is InChI=1S/C28H37N3O7S2/c1-7-38-25(33)18-12-14-31(15-13-18)40(35,36)19-10-8-17(9-11-19)23(32)29-24-21(26(34)37-6)20-16-27(2,3)30-28(4,5)22(20)39-24/h8-11,18,30H,7,12-16H2,1-6H3,(H,29,32). The average molecular weight is 592 g/mol. The normalized spacial score (nSPS) is 18.9. The van der Waals surface area contributed by atoms with Gasteiger partial charge < -0.3 is 20.1 Å². The monoisotopic (exact) mass is 591 g/mol. The number of sulfonamides is 1. The Labute approximate surface area is 239 Å². The Hall–Kier alpha value is -2.80. The molecule has 0 unspecified atom stereocenters. The van der Waals surface area contributed by atoms with Gasteiger partial charge in [-0.05, 0) is 83.7 Å². The molecule has 0 bridgehead atoms. The molecule has 1 aromatic carbocycles. The Balaban J connectivity index is 1.52. The van der Waals surface area contributed by atoms with Crippen molar-refractivity contribution in [1.82, 2.24) is 9.62 Å². The number of rotatable bonds is 7. The van der Waals surface area contributed by atoms with Crippen LogP contribution in [0.2, 0.25) is 0 Å². The number of amides is 1. The Kier molecular flexibility index (Phi) is 8.47. The number of thiophene rings is 1. The van der Waals surface area contributed by atoms with E-state index < -0.39 is 27.4 Å². The van der Waals surface area contributed by atoms with Gasteiger partial charge in [0.05, 0.1) is 30.1 Å². The highest BCUT2D eigenvalue weighted by atomic mass is 32.2. The first-order valence-corrected chi connectivity index (χ1v) is 15.6. The van der Waals surface area contributed by atoms with Gasteiger partial charge in [0.25, 0.3) is 5.91 Å². The maximum atomic E-state index is 13.2. The van der Waals surface area contributed by atoms with Crippen LogP contribution < -0.4 is 10.6 Å². The SMILES string of the molecule is CCOC(=O)C1CCN(S(=O)(=O)c2ccc(C(=O)Nc3sc4c(c3C(=O)OC)CC(C)(C)NC4(C)C)cc2)CC1. The predicted octanol–water partition coefficient (Wildman–Crippen LogP) is 3.91. The molecule has 2 aromatic rings. The van der Waals surface area contributed by atoms with Gasteiger partial charge in [-0.3, -0.25) is 9.59 Å². The van der Waals surface area contributed by atoms with Crippen molar-refractivity contribution in [3.05, 3.63) is 45.8 Å². The fraction of sp³-hybridized carbons (Fsp3) is 0.536. The second-order valence-electron chi connectivity index (χ2n) is 11.3. The van der Waals surface area contributed by atoms with Gasteiger partial charge in [-0.15, -0.1) is 11.3 Å². The molecule has 1 aromatic heterocycles. The zero-order valence-corrected chi connectivity index (χ0v) is 25.4. The molecule has 0 aliphatic carbocycles. The number of ether oxygens (including phenoxy) is 2. The molecule has 1 fully saturated rings. The zero-order valence-electron chi connectivity index (χ0n) is 23.8. The maximum Gasteiger partial charge on any atom is 0.341 e. The summed E-state index contributed by atoms with van der Waals surface area (Å²) in [6.45, 7) is 10.7. The van der Waals surface area contributed by atoms with Crippen molar-refractivity contribution >= 4 is 44.2 Å². The van der Waals surface area contributed by atoms with E-state index in [1.54, 1.807) is 6.92 Å². The Morgan fingerprint density at radius 3 is 2.30 bits per heavy atom. The van der Waals surface area contributed by atoms with Crippen LogP contribution in [0.4, 0.5) is 5.00 Å². The van der Waals surface area contributed by atoms with Crippen LogP contribution in [0.25, 0.3) is 0 Å². The number of carbonyl (C=O) groups is 3. The molecule has 2 aliphatic heterocycles. The number of benzene rings is 1. The third-order valence-corrected chi connectivity index (χ3v) is 10.7. The topological polar surface area (TPSA) is 131 Å². The van der Waals surface area contributed by atoms with Crippen LogP contribution in [0.1, 0.15) is 78.6 Å². The first-order chi connectivity index (χ1) is 18.7. The molecule has 2 N–H and O–H groups in total. The lowest BCUT2D eigenvalue weighted by Crippen LogP contribution is -2.55. The van der Waals surface area contributed by atoms with Gasteiger partial charge in [-0.1, -0.05) is 0 Å². The molecule has 0 saturated carbocycles. The number of esters is 2. The van der Waals surface area contributed by atoms with E-state index in [4.69, 9.17) is 9.47 Å². The van der Waals surface area contributed by atoms with Crippen LogP contribution >= 0.6 is 11.3 Å². The fourth-order valence-electron chi connectivity index (χ4n) is 5.63. The number of carbonyl (C=O) groups excluding carboxylic acids is 3. The van der Waals surface area contributed by atoms with Gasteiger partial charge in [-0.25, -0.2) is 13.2 Å². The average Bonchev–Trinajstić information content (AvgIpc) is 3.25. The van der Waals surface area contributed by atoms with Gasteiger partial charge in [-0.2, -0.15) is 4.31 Å². The molecule has 3 heterocycles. The second-order valence-corrected chi connectivity index (χ2v) is 14.3. The molecule has 2 aliphatic rings. The Morgan fingerprint density at radius 1 is 1.10 bits per heavy atom. The van der Waals surface area contributed by atoms with Crippen molar-refractivity contribution in [1.29, 1.82) is 0 Å². The lowest BCUT2D eigenvalue weighted by Gasteiger charge is -2.42. The minimum atomic E-state index is -3.79. The highest BCUT2D eigenvalue weighted by Gasteiger charge is 2.42. The summed E-state index contributed by atoms with van der Waals surface area (Å²) in [4.78, 5) is 39.1. The summed E-state index contributed by atoms with van der Waals surface area (Å²) in [6.07, 6.45) is 1.39. The van der Waals surface area contributed by atoms with E-state index in [1.807, 2.05) is 13.8 Å². The van der Waals surface area contributed by atoms with E-state index in [0.717, 1.165) is 10.4 Å². The molecule has 1 amide bonds.